The molecule has 0 N–H and O–H groups in total. The lowest BCUT2D eigenvalue weighted by Gasteiger charge is -2.22. The van der Waals surface area contributed by atoms with Crippen LogP contribution in [-0.4, -0.2) is 46.9 Å². The average Bonchev–Trinajstić information content (AvgIpc) is 2.88. The van der Waals surface area contributed by atoms with Crippen LogP contribution in [0.2, 0.25) is 0 Å². The quantitative estimate of drug-likeness (QED) is 0.847. The summed E-state index contributed by atoms with van der Waals surface area (Å²) in [4.78, 5) is 21.2. The topological polar surface area (TPSA) is 60.2 Å². The number of amides is 1. The van der Waals surface area contributed by atoms with Gasteiger partial charge in [-0.15, -0.1) is 11.3 Å². The Morgan fingerprint density at radius 1 is 1.24 bits per heavy atom. The normalized spacial score (nSPS) is 15.6. The van der Waals surface area contributed by atoms with Crippen molar-refractivity contribution in [2.24, 2.45) is 0 Å². The number of carbonyl (C=O) groups excluding carboxylic acids is 1. The number of nitriles is 1. The molecule has 1 aromatic carbocycles. The Kier molecular flexibility index (Phi) is 5.79. The Hall–Kier alpha value is -2.23. The molecular weight excluding hydrogens is 332 g/mol. The van der Waals surface area contributed by atoms with Crippen LogP contribution in [0.3, 0.4) is 0 Å². The van der Waals surface area contributed by atoms with Crippen molar-refractivity contribution >= 4 is 17.2 Å². The molecule has 130 valence electrons. The number of hydrogen-bond donors (Lipinski definition) is 0. The minimum absolute atomic E-state index is 0.172. The molecular formula is C19H22N4OS. The van der Waals surface area contributed by atoms with Gasteiger partial charge >= 0.3 is 0 Å². The first kappa shape index (κ1) is 17.6. The number of thiazole rings is 1. The summed E-state index contributed by atoms with van der Waals surface area (Å²) in [5.41, 5.74) is 2.77. The van der Waals surface area contributed by atoms with Crippen LogP contribution in [0.4, 0.5) is 0 Å². The zero-order valence-corrected chi connectivity index (χ0v) is 15.3. The zero-order chi connectivity index (χ0) is 17.6. The highest BCUT2D eigenvalue weighted by Crippen LogP contribution is 2.13. The first-order chi connectivity index (χ1) is 12.1. The standard InChI is InChI=1S/C19H22N4OS/c1-15-21-18(14-25-15)11-19(24)23-8-2-7-22(9-10-23)13-17-5-3-16(12-20)4-6-17/h3-6,14H,2,7-11,13H2,1H3. The number of hydrogen-bond acceptors (Lipinski definition) is 5. The van der Waals surface area contributed by atoms with Crippen molar-refractivity contribution in [3.05, 3.63) is 51.5 Å². The molecule has 6 heteroatoms. The Labute approximate surface area is 152 Å². The van der Waals surface area contributed by atoms with Gasteiger partial charge in [-0.3, -0.25) is 9.69 Å². The average molecular weight is 354 g/mol. The van der Waals surface area contributed by atoms with E-state index in [4.69, 9.17) is 5.26 Å². The van der Waals surface area contributed by atoms with Crippen molar-refractivity contribution in [1.82, 2.24) is 14.8 Å². The van der Waals surface area contributed by atoms with Crippen LogP contribution < -0.4 is 0 Å². The molecule has 1 amide bonds. The maximum Gasteiger partial charge on any atom is 0.228 e. The van der Waals surface area contributed by atoms with E-state index in [2.05, 4.69) is 16.0 Å². The number of aromatic nitrogens is 1. The molecule has 0 unspecified atom stereocenters. The number of aryl methyl sites for hydroxylation is 1. The van der Waals surface area contributed by atoms with Crippen molar-refractivity contribution in [3.63, 3.8) is 0 Å². The van der Waals surface area contributed by atoms with Gasteiger partial charge in [0, 0.05) is 38.1 Å². The molecule has 0 atom stereocenters. The molecule has 0 saturated carbocycles. The highest BCUT2D eigenvalue weighted by molar-refractivity contribution is 7.09. The third-order valence-corrected chi connectivity index (χ3v) is 5.25. The largest absolute Gasteiger partial charge is 0.341 e. The van der Waals surface area contributed by atoms with Gasteiger partial charge in [0.05, 0.1) is 28.8 Å². The van der Waals surface area contributed by atoms with E-state index in [-0.39, 0.29) is 5.91 Å². The van der Waals surface area contributed by atoms with Gasteiger partial charge in [0.15, 0.2) is 0 Å². The molecule has 0 aliphatic carbocycles. The van der Waals surface area contributed by atoms with Crippen molar-refractivity contribution < 1.29 is 4.79 Å². The fourth-order valence-corrected chi connectivity index (χ4v) is 3.69. The SMILES string of the molecule is Cc1nc(CC(=O)N2CCCN(Cc3ccc(C#N)cc3)CC2)cs1. The second-order valence-electron chi connectivity index (χ2n) is 6.35. The van der Waals surface area contributed by atoms with Crippen molar-refractivity contribution in [1.29, 1.82) is 5.26 Å². The van der Waals surface area contributed by atoms with Crippen LogP contribution >= 0.6 is 11.3 Å². The van der Waals surface area contributed by atoms with Crippen molar-refractivity contribution in [2.45, 2.75) is 26.3 Å². The molecule has 1 aliphatic heterocycles. The summed E-state index contributed by atoms with van der Waals surface area (Å²) in [6.45, 7) is 6.26. The van der Waals surface area contributed by atoms with Gasteiger partial charge in [-0.25, -0.2) is 4.98 Å². The second kappa shape index (κ2) is 8.24. The summed E-state index contributed by atoms with van der Waals surface area (Å²) in [5, 5.41) is 11.9. The molecule has 1 saturated heterocycles. The van der Waals surface area contributed by atoms with E-state index in [0.29, 0.717) is 12.0 Å². The monoisotopic (exact) mass is 354 g/mol. The van der Waals surface area contributed by atoms with E-state index in [1.807, 2.05) is 41.5 Å². The number of benzene rings is 1. The van der Waals surface area contributed by atoms with Gasteiger partial charge in [0.1, 0.15) is 0 Å². The van der Waals surface area contributed by atoms with Crippen LogP contribution in [0.25, 0.3) is 0 Å². The highest BCUT2D eigenvalue weighted by Gasteiger charge is 2.20. The molecule has 0 spiro atoms. The van der Waals surface area contributed by atoms with Gasteiger partial charge in [-0.1, -0.05) is 12.1 Å². The van der Waals surface area contributed by atoms with Gasteiger partial charge < -0.3 is 4.90 Å². The molecule has 1 fully saturated rings. The Morgan fingerprint density at radius 3 is 2.72 bits per heavy atom. The molecule has 1 aliphatic rings. The predicted molar refractivity (Wildman–Crippen MR) is 98.2 cm³/mol. The third kappa shape index (κ3) is 4.88. The fraction of sp³-hybridized carbons (Fsp3) is 0.421. The number of nitrogens with zero attached hydrogens (tertiary/aromatic N) is 4. The van der Waals surface area contributed by atoms with Gasteiger partial charge in [0.25, 0.3) is 0 Å². The summed E-state index contributed by atoms with van der Waals surface area (Å²) < 4.78 is 0. The first-order valence-corrected chi connectivity index (χ1v) is 9.42. The predicted octanol–water partition coefficient (Wildman–Crippen LogP) is 2.60. The van der Waals surface area contributed by atoms with E-state index in [9.17, 15) is 4.79 Å². The summed E-state index contributed by atoms with van der Waals surface area (Å²) >= 11 is 1.59. The molecule has 2 aromatic rings. The fourth-order valence-electron chi connectivity index (χ4n) is 3.08. The van der Waals surface area contributed by atoms with Crippen LogP contribution in [0.1, 0.15) is 28.2 Å². The van der Waals surface area contributed by atoms with Crippen molar-refractivity contribution in [3.8, 4) is 6.07 Å². The van der Waals surface area contributed by atoms with Gasteiger partial charge in [0.2, 0.25) is 5.91 Å². The van der Waals surface area contributed by atoms with Crippen LogP contribution in [0, 0.1) is 18.3 Å². The lowest BCUT2D eigenvalue weighted by Crippen LogP contribution is -2.36. The lowest BCUT2D eigenvalue weighted by atomic mass is 10.1. The van der Waals surface area contributed by atoms with Gasteiger partial charge in [-0.2, -0.15) is 5.26 Å². The summed E-state index contributed by atoms with van der Waals surface area (Å²) in [7, 11) is 0. The summed E-state index contributed by atoms with van der Waals surface area (Å²) in [6.07, 6.45) is 1.39. The maximum atomic E-state index is 12.5. The summed E-state index contributed by atoms with van der Waals surface area (Å²) in [6, 6.07) is 9.89. The Bertz CT molecular complexity index is 762. The highest BCUT2D eigenvalue weighted by atomic mass is 32.1. The van der Waals surface area contributed by atoms with Crippen LogP contribution in [-0.2, 0) is 17.8 Å². The van der Waals surface area contributed by atoms with E-state index in [1.165, 1.54) is 5.56 Å². The van der Waals surface area contributed by atoms with E-state index in [1.54, 1.807) is 11.3 Å². The molecule has 2 heterocycles. The van der Waals surface area contributed by atoms with E-state index in [0.717, 1.165) is 49.8 Å². The van der Waals surface area contributed by atoms with Crippen LogP contribution in [0.5, 0.6) is 0 Å². The molecule has 0 radical (unpaired) electrons. The minimum Gasteiger partial charge on any atom is -0.341 e. The third-order valence-electron chi connectivity index (χ3n) is 4.43. The molecule has 0 bridgehead atoms. The second-order valence-corrected chi connectivity index (χ2v) is 7.42. The van der Waals surface area contributed by atoms with E-state index >= 15 is 0 Å². The maximum absolute atomic E-state index is 12.5. The molecule has 1 aromatic heterocycles. The van der Waals surface area contributed by atoms with E-state index < -0.39 is 0 Å². The summed E-state index contributed by atoms with van der Waals surface area (Å²) in [5.74, 6) is 0.172. The first-order valence-electron chi connectivity index (χ1n) is 8.54. The molecule has 3 rings (SSSR count). The number of carbonyl (C=O) groups is 1. The van der Waals surface area contributed by atoms with Gasteiger partial charge in [-0.05, 0) is 31.0 Å². The minimum atomic E-state index is 0.172. The smallest absolute Gasteiger partial charge is 0.228 e. The molecule has 5 nitrogen and oxygen atoms in total. The lowest BCUT2D eigenvalue weighted by molar-refractivity contribution is -0.130. The Balaban J connectivity index is 1.52. The zero-order valence-electron chi connectivity index (χ0n) is 14.4. The van der Waals surface area contributed by atoms with Crippen LogP contribution in [0.15, 0.2) is 29.6 Å². The number of rotatable bonds is 4. The molecule has 25 heavy (non-hydrogen) atoms. The van der Waals surface area contributed by atoms with Crippen molar-refractivity contribution in [2.75, 3.05) is 26.2 Å². The Morgan fingerprint density at radius 2 is 2.04 bits per heavy atom.